The lowest BCUT2D eigenvalue weighted by Crippen LogP contribution is -2.14. The van der Waals surface area contributed by atoms with Crippen molar-refractivity contribution in [3.63, 3.8) is 0 Å². The molecule has 0 atom stereocenters. The van der Waals surface area contributed by atoms with E-state index in [0.717, 1.165) is 5.69 Å². The third kappa shape index (κ3) is 4.08. The Hall–Kier alpha value is -2.61. The first-order valence-electron chi connectivity index (χ1n) is 7.42. The number of nitrogens with zero attached hydrogens (tertiary/aromatic N) is 1. The normalized spacial score (nSPS) is 10.9. The van der Waals surface area contributed by atoms with Gasteiger partial charge in [0, 0.05) is 37.6 Å². The minimum atomic E-state index is -3.82. The average molecular weight is 366 g/mol. The summed E-state index contributed by atoms with van der Waals surface area (Å²) in [5.41, 5.74) is 1.43. The van der Waals surface area contributed by atoms with E-state index in [1.807, 2.05) is 31.1 Å². The molecule has 2 aromatic carbocycles. The smallest absolute Gasteiger partial charge is 0.262 e. The minimum absolute atomic E-state index is 0.0127. The van der Waals surface area contributed by atoms with Gasteiger partial charge in [0.05, 0.1) is 26.2 Å². The molecule has 25 heavy (non-hydrogen) atoms. The molecule has 1 N–H and O–H groups in total. The Morgan fingerprint density at radius 3 is 1.80 bits per heavy atom. The summed E-state index contributed by atoms with van der Waals surface area (Å²) in [5.74, 6) is 0.870. The molecule has 0 aliphatic carbocycles. The molecule has 0 saturated carbocycles. The van der Waals surface area contributed by atoms with Crippen LogP contribution in [0.1, 0.15) is 0 Å². The maximum Gasteiger partial charge on any atom is 0.262 e. The molecule has 0 amide bonds. The topological polar surface area (TPSA) is 77.1 Å². The van der Waals surface area contributed by atoms with E-state index in [9.17, 15) is 8.42 Å². The van der Waals surface area contributed by atoms with Gasteiger partial charge in [0.2, 0.25) is 5.75 Å². The van der Waals surface area contributed by atoms with Gasteiger partial charge in [-0.3, -0.25) is 4.72 Å². The number of nitrogens with one attached hydrogen (secondary N) is 1. The van der Waals surface area contributed by atoms with Gasteiger partial charge in [0.25, 0.3) is 10.0 Å². The van der Waals surface area contributed by atoms with Gasteiger partial charge >= 0.3 is 0 Å². The Balaban J connectivity index is 2.39. The van der Waals surface area contributed by atoms with Gasteiger partial charge in [-0.05, 0) is 24.3 Å². The number of rotatable bonds is 7. The molecule has 0 saturated heterocycles. The lowest BCUT2D eigenvalue weighted by Gasteiger charge is -2.16. The molecule has 2 aromatic rings. The van der Waals surface area contributed by atoms with Crippen LogP contribution in [-0.4, -0.2) is 43.8 Å². The molecule has 0 aliphatic rings. The second-order valence-corrected chi connectivity index (χ2v) is 7.09. The van der Waals surface area contributed by atoms with Gasteiger partial charge in [-0.25, -0.2) is 8.42 Å². The van der Waals surface area contributed by atoms with E-state index in [-0.39, 0.29) is 16.4 Å². The van der Waals surface area contributed by atoms with Crippen molar-refractivity contribution in [1.82, 2.24) is 0 Å². The van der Waals surface area contributed by atoms with Crippen molar-refractivity contribution in [3.05, 3.63) is 36.4 Å². The summed E-state index contributed by atoms with van der Waals surface area (Å²) < 4.78 is 43.5. The number of benzene rings is 2. The predicted molar refractivity (Wildman–Crippen MR) is 97.7 cm³/mol. The highest BCUT2D eigenvalue weighted by molar-refractivity contribution is 7.92. The van der Waals surface area contributed by atoms with Crippen molar-refractivity contribution >= 4 is 21.4 Å². The Labute approximate surface area is 148 Å². The Kier molecular flexibility index (Phi) is 5.63. The largest absolute Gasteiger partial charge is 0.493 e. The molecule has 0 spiro atoms. The Bertz CT molecular complexity index is 808. The van der Waals surface area contributed by atoms with Gasteiger partial charge in [-0.15, -0.1) is 0 Å². The van der Waals surface area contributed by atoms with Crippen LogP contribution in [0.2, 0.25) is 0 Å². The fraction of sp³-hybridized carbons (Fsp3) is 0.294. The second kappa shape index (κ2) is 7.52. The summed E-state index contributed by atoms with van der Waals surface area (Å²) in [4.78, 5) is 1.94. The molecule has 0 bridgehead atoms. The van der Waals surface area contributed by atoms with Crippen molar-refractivity contribution in [2.45, 2.75) is 4.90 Å². The van der Waals surface area contributed by atoms with Crippen LogP contribution in [-0.2, 0) is 10.0 Å². The van der Waals surface area contributed by atoms with Gasteiger partial charge in [0.15, 0.2) is 11.5 Å². The average Bonchev–Trinajstić information content (AvgIpc) is 2.60. The third-order valence-electron chi connectivity index (χ3n) is 3.58. The molecule has 0 fully saturated rings. The van der Waals surface area contributed by atoms with Crippen LogP contribution >= 0.6 is 0 Å². The molecule has 8 heteroatoms. The summed E-state index contributed by atoms with van der Waals surface area (Å²) >= 11 is 0. The summed E-state index contributed by atoms with van der Waals surface area (Å²) in [6, 6.07) is 9.82. The number of hydrogen-bond acceptors (Lipinski definition) is 6. The van der Waals surface area contributed by atoms with Gasteiger partial charge in [0.1, 0.15) is 0 Å². The lowest BCUT2D eigenvalue weighted by molar-refractivity contribution is 0.323. The highest BCUT2D eigenvalue weighted by atomic mass is 32.2. The standard InChI is InChI=1S/C17H22N2O5S/c1-19(2)13-8-6-12(7-9-13)18-25(20,21)14-10-15(22-3)17(24-5)16(11-14)23-4/h6-11,18H,1-5H3. The van der Waals surface area contributed by atoms with Crippen LogP contribution in [0.4, 0.5) is 11.4 Å². The first kappa shape index (κ1) is 18.7. The second-order valence-electron chi connectivity index (χ2n) is 5.41. The van der Waals surface area contributed by atoms with E-state index in [2.05, 4.69) is 4.72 Å². The van der Waals surface area contributed by atoms with Crippen LogP contribution in [0, 0.1) is 0 Å². The van der Waals surface area contributed by atoms with E-state index in [0.29, 0.717) is 11.4 Å². The lowest BCUT2D eigenvalue weighted by atomic mass is 10.3. The van der Waals surface area contributed by atoms with Gasteiger partial charge in [-0.1, -0.05) is 0 Å². The van der Waals surface area contributed by atoms with Gasteiger partial charge in [-0.2, -0.15) is 0 Å². The number of sulfonamides is 1. The molecule has 0 unspecified atom stereocenters. The summed E-state index contributed by atoms with van der Waals surface area (Å²) in [6.07, 6.45) is 0. The van der Waals surface area contributed by atoms with Crippen molar-refractivity contribution in [2.24, 2.45) is 0 Å². The van der Waals surface area contributed by atoms with Crippen LogP contribution in [0.15, 0.2) is 41.3 Å². The van der Waals surface area contributed by atoms with Crippen LogP contribution < -0.4 is 23.8 Å². The number of methoxy groups -OCH3 is 3. The van der Waals surface area contributed by atoms with Crippen LogP contribution in [0.25, 0.3) is 0 Å². The molecule has 2 rings (SSSR count). The Morgan fingerprint density at radius 1 is 0.880 bits per heavy atom. The summed E-state index contributed by atoms with van der Waals surface area (Å²) in [5, 5.41) is 0. The zero-order valence-electron chi connectivity index (χ0n) is 14.9. The SMILES string of the molecule is COc1cc(S(=O)(=O)Nc2ccc(N(C)C)cc2)cc(OC)c1OC. The maximum atomic E-state index is 12.7. The molecule has 136 valence electrons. The molecule has 7 nitrogen and oxygen atoms in total. The van der Waals surface area contributed by atoms with Crippen LogP contribution in [0.3, 0.4) is 0 Å². The van der Waals surface area contributed by atoms with Crippen LogP contribution in [0.5, 0.6) is 17.2 Å². The highest BCUT2D eigenvalue weighted by Crippen LogP contribution is 2.39. The zero-order chi connectivity index (χ0) is 18.6. The first-order chi connectivity index (χ1) is 11.8. The quantitative estimate of drug-likeness (QED) is 0.812. The third-order valence-corrected chi connectivity index (χ3v) is 4.95. The molecule has 0 aliphatic heterocycles. The maximum absolute atomic E-state index is 12.7. The number of hydrogen-bond donors (Lipinski definition) is 1. The number of anilines is 2. The van der Waals surface area contributed by atoms with E-state index in [1.165, 1.54) is 33.5 Å². The molecule has 0 aromatic heterocycles. The van der Waals surface area contributed by atoms with Gasteiger partial charge < -0.3 is 19.1 Å². The zero-order valence-corrected chi connectivity index (χ0v) is 15.7. The molecular weight excluding hydrogens is 344 g/mol. The summed E-state index contributed by atoms with van der Waals surface area (Å²) in [7, 11) is 4.33. The Morgan fingerprint density at radius 2 is 1.40 bits per heavy atom. The van der Waals surface area contributed by atoms with E-state index < -0.39 is 10.0 Å². The molecule has 0 heterocycles. The van der Waals surface area contributed by atoms with E-state index in [1.54, 1.807) is 12.1 Å². The van der Waals surface area contributed by atoms with Crippen molar-refractivity contribution in [3.8, 4) is 17.2 Å². The predicted octanol–water partition coefficient (Wildman–Crippen LogP) is 2.58. The van der Waals surface area contributed by atoms with E-state index >= 15 is 0 Å². The van der Waals surface area contributed by atoms with E-state index in [4.69, 9.17) is 14.2 Å². The monoisotopic (exact) mass is 366 g/mol. The summed E-state index contributed by atoms with van der Waals surface area (Å²) in [6.45, 7) is 0. The molecular formula is C17H22N2O5S. The highest BCUT2D eigenvalue weighted by Gasteiger charge is 2.21. The minimum Gasteiger partial charge on any atom is -0.493 e. The first-order valence-corrected chi connectivity index (χ1v) is 8.91. The molecule has 0 radical (unpaired) electrons. The fourth-order valence-electron chi connectivity index (χ4n) is 2.25. The van der Waals surface area contributed by atoms with Crippen molar-refractivity contribution in [2.75, 3.05) is 45.0 Å². The fourth-order valence-corrected chi connectivity index (χ4v) is 3.34. The number of ether oxygens (including phenoxy) is 3. The van der Waals surface area contributed by atoms with Crippen molar-refractivity contribution < 1.29 is 22.6 Å². The van der Waals surface area contributed by atoms with Crippen molar-refractivity contribution in [1.29, 1.82) is 0 Å².